The zero-order valence-electron chi connectivity index (χ0n) is 11.6. The molecule has 0 saturated carbocycles. The Hall–Kier alpha value is -1.39. The second kappa shape index (κ2) is 6.17. The Kier molecular flexibility index (Phi) is 4.56. The molecule has 3 nitrogen and oxygen atoms in total. The third kappa shape index (κ3) is 3.78. The molecule has 0 bridgehead atoms. The molecule has 2 aromatic rings. The zero-order valence-corrected chi connectivity index (χ0v) is 12.4. The molecule has 19 heavy (non-hydrogen) atoms. The number of benzene rings is 1. The third-order valence-electron chi connectivity index (χ3n) is 2.92. The van der Waals surface area contributed by atoms with Crippen LogP contribution >= 0.6 is 11.8 Å². The van der Waals surface area contributed by atoms with E-state index >= 15 is 0 Å². The third-order valence-corrected chi connectivity index (χ3v) is 3.79. The Bertz CT molecular complexity index is 532. The predicted molar refractivity (Wildman–Crippen MR) is 79.3 cm³/mol. The smallest absolute Gasteiger partial charge is 0.192 e. The van der Waals surface area contributed by atoms with Crippen LogP contribution in [0.2, 0.25) is 0 Å². The molecule has 1 aromatic heterocycles. The minimum Gasteiger partial charge on any atom is -0.324 e. The molecule has 0 aliphatic rings. The molecular weight excluding hydrogens is 254 g/mol. The van der Waals surface area contributed by atoms with Gasteiger partial charge >= 0.3 is 0 Å². The first-order chi connectivity index (χ1) is 9.08. The van der Waals surface area contributed by atoms with Crippen LogP contribution in [0.15, 0.2) is 40.4 Å². The first-order valence-electron chi connectivity index (χ1n) is 6.44. The normalized spacial score (nSPS) is 12.4. The van der Waals surface area contributed by atoms with E-state index in [1.165, 1.54) is 5.56 Å². The van der Waals surface area contributed by atoms with Crippen LogP contribution in [0.1, 0.15) is 36.3 Å². The maximum absolute atomic E-state index is 6.01. The van der Waals surface area contributed by atoms with Crippen molar-refractivity contribution < 1.29 is 0 Å². The van der Waals surface area contributed by atoms with Crippen molar-refractivity contribution in [3.05, 3.63) is 47.3 Å². The van der Waals surface area contributed by atoms with E-state index in [0.29, 0.717) is 0 Å². The van der Waals surface area contributed by atoms with Gasteiger partial charge in [0.1, 0.15) is 0 Å². The van der Waals surface area contributed by atoms with E-state index in [1.54, 1.807) is 11.8 Å². The molecule has 0 amide bonds. The minimum absolute atomic E-state index is 0.122. The average molecular weight is 273 g/mol. The molecule has 1 heterocycles. The van der Waals surface area contributed by atoms with Crippen molar-refractivity contribution in [1.29, 1.82) is 0 Å². The summed E-state index contributed by atoms with van der Waals surface area (Å²) in [5.74, 6) is 0. The number of hydrogen-bond acceptors (Lipinski definition) is 4. The number of aryl methyl sites for hydroxylation is 2. The Morgan fingerprint density at radius 3 is 2.21 bits per heavy atom. The van der Waals surface area contributed by atoms with Crippen LogP contribution in [-0.2, 0) is 0 Å². The fourth-order valence-corrected chi connectivity index (χ4v) is 2.73. The number of nitrogens with zero attached hydrogens (tertiary/aromatic N) is 2. The van der Waals surface area contributed by atoms with Gasteiger partial charge in [0, 0.05) is 22.3 Å². The summed E-state index contributed by atoms with van der Waals surface area (Å²) in [7, 11) is 0. The van der Waals surface area contributed by atoms with Gasteiger partial charge in [-0.05, 0) is 55.8 Å². The molecular formula is C15H19N3S. The Morgan fingerprint density at radius 2 is 1.68 bits per heavy atom. The first-order valence-corrected chi connectivity index (χ1v) is 7.26. The molecule has 100 valence electrons. The summed E-state index contributed by atoms with van der Waals surface area (Å²) in [6, 6.07) is 10.4. The molecule has 2 N–H and O–H groups in total. The van der Waals surface area contributed by atoms with Gasteiger partial charge in [0.2, 0.25) is 0 Å². The highest BCUT2D eigenvalue weighted by molar-refractivity contribution is 7.99. The van der Waals surface area contributed by atoms with Crippen molar-refractivity contribution in [3.63, 3.8) is 0 Å². The zero-order chi connectivity index (χ0) is 13.8. The van der Waals surface area contributed by atoms with Gasteiger partial charge in [-0.15, -0.1) is 0 Å². The number of rotatable bonds is 4. The average Bonchev–Trinajstić information content (AvgIpc) is 2.37. The van der Waals surface area contributed by atoms with E-state index in [1.807, 2.05) is 19.9 Å². The van der Waals surface area contributed by atoms with Crippen LogP contribution in [0.5, 0.6) is 0 Å². The standard InChI is InChI=1S/C15H19N3S/c1-4-14(16)12-5-7-13(8-6-12)19-15-17-10(2)9-11(3)18-15/h5-9,14H,4,16H2,1-3H3. The molecule has 1 atom stereocenters. The molecule has 0 fully saturated rings. The van der Waals surface area contributed by atoms with E-state index in [9.17, 15) is 0 Å². The van der Waals surface area contributed by atoms with E-state index in [4.69, 9.17) is 5.73 Å². The molecule has 0 spiro atoms. The van der Waals surface area contributed by atoms with Crippen LogP contribution in [0.25, 0.3) is 0 Å². The lowest BCUT2D eigenvalue weighted by Gasteiger charge is -2.09. The summed E-state index contributed by atoms with van der Waals surface area (Å²) >= 11 is 1.58. The second-order valence-corrected chi connectivity index (χ2v) is 5.66. The van der Waals surface area contributed by atoms with Gasteiger partial charge in [0.15, 0.2) is 5.16 Å². The number of hydrogen-bond donors (Lipinski definition) is 1. The van der Waals surface area contributed by atoms with Crippen molar-refractivity contribution in [2.75, 3.05) is 0 Å². The molecule has 1 aromatic carbocycles. The first kappa shape index (κ1) is 14.0. The van der Waals surface area contributed by atoms with Gasteiger partial charge in [-0.25, -0.2) is 9.97 Å². The van der Waals surface area contributed by atoms with Gasteiger partial charge < -0.3 is 5.73 Å². The molecule has 1 unspecified atom stereocenters. The predicted octanol–water partition coefficient (Wildman–Crippen LogP) is 3.65. The number of aromatic nitrogens is 2. The van der Waals surface area contributed by atoms with Crippen molar-refractivity contribution in [3.8, 4) is 0 Å². The van der Waals surface area contributed by atoms with Crippen LogP contribution in [-0.4, -0.2) is 9.97 Å². The number of nitrogens with two attached hydrogens (primary N) is 1. The SMILES string of the molecule is CCC(N)c1ccc(Sc2nc(C)cc(C)n2)cc1. The van der Waals surface area contributed by atoms with E-state index in [-0.39, 0.29) is 6.04 Å². The largest absolute Gasteiger partial charge is 0.324 e. The van der Waals surface area contributed by atoms with Crippen LogP contribution in [0.4, 0.5) is 0 Å². The summed E-state index contributed by atoms with van der Waals surface area (Å²) in [5.41, 5.74) is 9.18. The highest BCUT2D eigenvalue weighted by Gasteiger charge is 2.05. The topological polar surface area (TPSA) is 51.8 Å². The lowest BCUT2D eigenvalue weighted by molar-refractivity contribution is 0.698. The fourth-order valence-electron chi connectivity index (χ4n) is 1.86. The summed E-state index contributed by atoms with van der Waals surface area (Å²) in [6.07, 6.45) is 0.951. The molecule has 4 heteroatoms. The second-order valence-electron chi connectivity index (χ2n) is 4.62. The molecule has 0 aliphatic heterocycles. The lowest BCUT2D eigenvalue weighted by Crippen LogP contribution is -2.07. The molecule has 0 saturated heterocycles. The summed E-state index contributed by atoms with van der Waals surface area (Å²) in [5, 5.41) is 0.796. The van der Waals surface area contributed by atoms with Gasteiger partial charge in [-0.2, -0.15) is 0 Å². The molecule has 0 aliphatic carbocycles. The quantitative estimate of drug-likeness (QED) is 0.864. The van der Waals surface area contributed by atoms with Crippen LogP contribution < -0.4 is 5.73 Å². The lowest BCUT2D eigenvalue weighted by atomic mass is 10.1. The Labute approximate surface area is 118 Å². The van der Waals surface area contributed by atoms with Crippen molar-refractivity contribution in [2.24, 2.45) is 5.73 Å². The maximum Gasteiger partial charge on any atom is 0.192 e. The van der Waals surface area contributed by atoms with E-state index < -0.39 is 0 Å². The highest BCUT2D eigenvalue weighted by Crippen LogP contribution is 2.26. The van der Waals surface area contributed by atoms with E-state index in [2.05, 4.69) is 41.2 Å². The summed E-state index contributed by atoms with van der Waals surface area (Å²) < 4.78 is 0. The van der Waals surface area contributed by atoms with Gasteiger partial charge in [0.25, 0.3) is 0 Å². The Morgan fingerprint density at radius 1 is 1.11 bits per heavy atom. The summed E-state index contributed by atoms with van der Waals surface area (Å²) in [6.45, 7) is 6.07. The van der Waals surface area contributed by atoms with Gasteiger partial charge in [-0.3, -0.25) is 0 Å². The van der Waals surface area contributed by atoms with Gasteiger partial charge in [0.05, 0.1) is 0 Å². The van der Waals surface area contributed by atoms with Crippen molar-refractivity contribution in [1.82, 2.24) is 9.97 Å². The molecule has 2 rings (SSSR count). The van der Waals surface area contributed by atoms with Crippen LogP contribution in [0.3, 0.4) is 0 Å². The van der Waals surface area contributed by atoms with Crippen LogP contribution in [0, 0.1) is 13.8 Å². The van der Waals surface area contributed by atoms with Gasteiger partial charge in [-0.1, -0.05) is 19.1 Å². The highest BCUT2D eigenvalue weighted by atomic mass is 32.2. The Balaban J connectivity index is 2.15. The maximum atomic E-state index is 6.01. The van der Waals surface area contributed by atoms with Crippen molar-refractivity contribution in [2.45, 2.75) is 43.3 Å². The summed E-state index contributed by atoms with van der Waals surface area (Å²) in [4.78, 5) is 10.00. The monoisotopic (exact) mass is 273 g/mol. The minimum atomic E-state index is 0.122. The molecule has 0 radical (unpaired) electrons. The van der Waals surface area contributed by atoms with E-state index in [0.717, 1.165) is 27.9 Å². The fraction of sp³-hybridized carbons (Fsp3) is 0.333. The van der Waals surface area contributed by atoms with Crippen molar-refractivity contribution >= 4 is 11.8 Å².